The molecule has 0 radical (unpaired) electrons. The number of hydrogen-bond acceptors (Lipinski definition) is 5. The molecule has 0 fully saturated rings. The van der Waals surface area contributed by atoms with E-state index in [2.05, 4.69) is 5.32 Å². The average molecular weight is 330 g/mol. The summed E-state index contributed by atoms with van der Waals surface area (Å²) >= 11 is 0. The Labute approximate surface area is 136 Å². The molecule has 24 heavy (non-hydrogen) atoms. The summed E-state index contributed by atoms with van der Waals surface area (Å²) in [5, 5.41) is 22.0. The number of rotatable bonds is 7. The van der Waals surface area contributed by atoms with Crippen LogP contribution in [0.1, 0.15) is 15.9 Å². The van der Waals surface area contributed by atoms with Crippen molar-refractivity contribution >= 4 is 17.6 Å². The summed E-state index contributed by atoms with van der Waals surface area (Å²) in [5.41, 5.74) is 0.729. The lowest BCUT2D eigenvalue weighted by Gasteiger charge is -2.08. The van der Waals surface area contributed by atoms with Gasteiger partial charge in [0.2, 0.25) is 0 Å². The van der Waals surface area contributed by atoms with Crippen molar-refractivity contribution in [2.45, 2.75) is 6.54 Å². The first-order valence-corrected chi connectivity index (χ1v) is 6.92. The Morgan fingerprint density at radius 2 is 1.88 bits per heavy atom. The van der Waals surface area contributed by atoms with Crippen molar-refractivity contribution in [3.8, 4) is 5.75 Å². The van der Waals surface area contributed by atoms with E-state index in [0.717, 1.165) is 0 Å². The van der Waals surface area contributed by atoms with Crippen molar-refractivity contribution in [2.24, 2.45) is 0 Å². The van der Waals surface area contributed by atoms with Gasteiger partial charge in [0.15, 0.2) is 6.61 Å². The van der Waals surface area contributed by atoms with Crippen LogP contribution in [0.5, 0.6) is 5.75 Å². The number of amides is 1. The molecule has 124 valence electrons. The molecule has 0 aliphatic rings. The Balaban J connectivity index is 1.82. The lowest BCUT2D eigenvalue weighted by atomic mass is 10.1. The van der Waals surface area contributed by atoms with E-state index >= 15 is 0 Å². The summed E-state index contributed by atoms with van der Waals surface area (Å²) in [6.45, 7) is -0.0833. The summed E-state index contributed by atoms with van der Waals surface area (Å²) in [7, 11) is 0. The number of nitro groups is 1. The Kier molecular flexibility index (Phi) is 5.45. The fourth-order valence-electron chi connectivity index (χ4n) is 1.88. The maximum Gasteiger partial charge on any atom is 0.335 e. The van der Waals surface area contributed by atoms with Gasteiger partial charge in [-0.05, 0) is 29.8 Å². The largest absolute Gasteiger partial charge is 0.484 e. The molecule has 8 heteroatoms. The number of nitrogens with one attached hydrogen (secondary N) is 1. The van der Waals surface area contributed by atoms with Crippen LogP contribution in [0.3, 0.4) is 0 Å². The van der Waals surface area contributed by atoms with E-state index in [0.29, 0.717) is 11.3 Å². The predicted molar refractivity (Wildman–Crippen MR) is 83.8 cm³/mol. The molecule has 0 spiro atoms. The molecule has 0 aromatic heterocycles. The van der Waals surface area contributed by atoms with Gasteiger partial charge >= 0.3 is 5.97 Å². The van der Waals surface area contributed by atoms with Gasteiger partial charge in [0.05, 0.1) is 10.5 Å². The molecule has 2 aromatic rings. The maximum atomic E-state index is 11.7. The van der Waals surface area contributed by atoms with Gasteiger partial charge in [-0.2, -0.15) is 0 Å². The zero-order chi connectivity index (χ0) is 17.5. The molecule has 0 aliphatic carbocycles. The van der Waals surface area contributed by atoms with E-state index < -0.39 is 16.8 Å². The number of non-ortho nitro benzene ring substituents is 1. The molecule has 0 aliphatic heterocycles. The second kappa shape index (κ2) is 7.73. The fourth-order valence-corrected chi connectivity index (χ4v) is 1.88. The summed E-state index contributed by atoms with van der Waals surface area (Å²) < 4.78 is 5.22. The molecule has 0 heterocycles. The molecule has 2 aromatic carbocycles. The van der Waals surface area contributed by atoms with E-state index in [1.54, 1.807) is 12.1 Å². The van der Waals surface area contributed by atoms with Gasteiger partial charge in [-0.3, -0.25) is 14.9 Å². The Morgan fingerprint density at radius 3 is 2.50 bits per heavy atom. The van der Waals surface area contributed by atoms with Crippen molar-refractivity contribution < 1.29 is 24.4 Å². The SMILES string of the molecule is O=C(COc1ccc([N+](=O)[O-])cc1)NCc1cccc(C(=O)O)c1. The highest BCUT2D eigenvalue weighted by molar-refractivity contribution is 5.87. The summed E-state index contributed by atoms with van der Waals surface area (Å²) in [6, 6.07) is 11.6. The standard InChI is InChI=1S/C16H14N2O6/c19-15(10-24-14-6-4-13(5-7-14)18(22)23)17-9-11-2-1-3-12(8-11)16(20)21/h1-8H,9-10H2,(H,17,19)(H,20,21). The zero-order valence-electron chi connectivity index (χ0n) is 12.5. The van der Waals surface area contributed by atoms with Crippen LogP contribution in [0.2, 0.25) is 0 Å². The van der Waals surface area contributed by atoms with Gasteiger partial charge in [-0.25, -0.2) is 4.79 Å². The van der Waals surface area contributed by atoms with Crippen LogP contribution in [0.15, 0.2) is 48.5 Å². The Hall–Kier alpha value is -3.42. The van der Waals surface area contributed by atoms with Crippen LogP contribution in [0.25, 0.3) is 0 Å². The van der Waals surface area contributed by atoms with Crippen molar-refractivity contribution in [1.29, 1.82) is 0 Å². The van der Waals surface area contributed by atoms with Gasteiger partial charge in [0, 0.05) is 18.7 Å². The van der Waals surface area contributed by atoms with E-state index in [-0.39, 0.29) is 24.4 Å². The lowest BCUT2D eigenvalue weighted by Crippen LogP contribution is -2.28. The van der Waals surface area contributed by atoms with Crippen molar-refractivity contribution in [3.05, 3.63) is 69.8 Å². The second-order valence-electron chi connectivity index (χ2n) is 4.82. The number of carboxylic acid groups (broad SMARTS) is 1. The van der Waals surface area contributed by atoms with Gasteiger partial charge in [0.25, 0.3) is 11.6 Å². The van der Waals surface area contributed by atoms with E-state index in [1.165, 1.54) is 36.4 Å². The van der Waals surface area contributed by atoms with Crippen LogP contribution in [0.4, 0.5) is 5.69 Å². The third-order valence-corrected chi connectivity index (χ3v) is 3.08. The highest BCUT2D eigenvalue weighted by Gasteiger charge is 2.07. The third-order valence-electron chi connectivity index (χ3n) is 3.08. The van der Waals surface area contributed by atoms with Crippen molar-refractivity contribution in [3.63, 3.8) is 0 Å². The second-order valence-corrected chi connectivity index (χ2v) is 4.82. The molecule has 0 saturated carbocycles. The predicted octanol–water partition coefficient (Wildman–Crippen LogP) is 1.99. The minimum Gasteiger partial charge on any atom is -0.484 e. The number of carbonyl (C=O) groups excluding carboxylic acids is 1. The van der Waals surface area contributed by atoms with Gasteiger partial charge in [-0.1, -0.05) is 12.1 Å². The monoisotopic (exact) mass is 330 g/mol. The number of aromatic carboxylic acids is 1. The van der Waals surface area contributed by atoms with Crippen LogP contribution >= 0.6 is 0 Å². The topological polar surface area (TPSA) is 119 Å². The Morgan fingerprint density at radius 1 is 1.17 bits per heavy atom. The first kappa shape index (κ1) is 16.9. The highest BCUT2D eigenvalue weighted by Crippen LogP contribution is 2.17. The summed E-state index contributed by atoms with van der Waals surface area (Å²) in [6.07, 6.45) is 0. The quantitative estimate of drug-likeness (QED) is 0.592. The minimum absolute atomic E-state index is 0.0647. The molecule has 2 N–H and O–H groups in total. The molecule has 0 atom stereocenters. The number of benzene rings is 2. The van der Waals surface area contributed by atoms with Gasteiger partial charge in [0.1, 0.15) is 5.75 Å². The van der Waals surface area contributed by atoms with Crippen molar-refractivity contribution in [1.82, 2.24) is 5.32 Å². The first-order valence-electron chi connectivity index (χ1n) is 6.92. The first-order chi connectivity index (χ1) is 11.5. The van der Waals surface area contributed by atoms with Crippen LogP contribution < -0.4 is 10.1 Å². The molecular formula is C16H14N2O6. The fraction of sp³-hybridized carbons (Fsp3) is 0.125. The highest BCUT2D eigenvalue weighted by atomic mass is 16.6. The summed E-state index contributed by atoms with van der Waals surface area (Å²) in [4.78, 5) is 32.6. The number of nitrogens with zero attached hydrogens (tertiary/aromatic N) is 1. The minimum atomic E-state index is -1.04. The van der Waals surface area contributed by atoms with Gasteiger partial charge in [-0.15, -0.1) is 0 Å². The summed E-state index contributed by atoms with van der Waals surface area (Å²) in [5.74, 6) is -1.10. The van der Waals surface area contributed by atoms with E-state index in [1.807, 2.05) is 0 Å². The molecule has 0 unspecified atom stereocenters. The van der Waals surface area contributed by atoms with Crippen LogP contribution in [0, 0.1) is 10.1 Å². The molecule has 0 saturated heterocycles. The van der Waals surface area contributed by atoms with E-state index in [4.69, 9.17) is 9.84 Å². The van der Waals surface area contributed by atoms with Gasteiger partial charge < -0.3 is 15.2 Å². The normalized spacial score (nSPS) is 10.0. The smallest absolute Gasteiger partial charge is 0.335 e. The van der Waals surface area contributed by atoms with Crippen LogP contribution in [-0.2, 0) is 11.3 Å². The lowest BCUT2D eigenvalue weighted by molar-refractivity contribution is -0.384. The average Bonchev–Trinajstić information content (AvgIpc) is 2.58. The number of hydrogen-bond donors (Lipinski definition) is 2. The zero-order valence-corrected chi connectivity index (χ0v) is 12.5. The molecule has 8 nitrogen and oxygen atoms in total. The molecule has 1 amide bonds. The molecule has 0 bridgehead atoms. The number of carboxylic acids is 1. The molecular weight excluding hydrogens is 316 g/mol. The van der Waals surface area contributed by atoms with Crippen molar-refractivity contribution in [2.75, 3.05) is 6.61 Å². The van der Waals surface area contributed by atoms with Crippen LogP contribution in [-0.4, -0.2) is 28.5 Å². The maximum absolute atomic E-state index is 11.7. The van der Waals surface area contributed by atoms with E-state index in [9.17, 15) is 19.7 Å². The number of carbonyl (C=O) groups is 2. The molecule has 2 rings (SSSR count). The number of nitro benzene ring substituents is 1. The number of ether oxygens (including phenoxy) is 1. The third kappa shape index (κ3) is 4.80. The Bertz CT molecular complexity index is 757.